The molecule has 0 unspecified atom stereocenters. The number of pyridine rings is 3. The Morgan fingerprint density at radius 1 is 0.973 bits per heavy atom. The molecule has 2 N–H and O–H groups in total. The SMILES string of the molecule is COc1ncc2cc1NS(=O)(=O)c1cccc(c1)C(=O)NCc1cncc(c1)-c1ccnc3c1C=C2C3. The van der Waals surface area contributed by atoms with Crippen molar-refractivity contribution in [3.05, 3.63) is 95.2 Å². The Morgan fingerprint density at radius 2 is 1.86 bits per heavy atom. The van der Waals surface area contributed by atoms with Gasteiger partial charge in [0.05, 0.1) is 17.7 Å². The van der Waals surface area contributed by atoms with E-state index in [0.29, 0.717) is 6.42 Å². The second kappa shape index (κ2) is 8.82. The summed E-state index contributed by atoms with van der Waals surface area (Å²) in [5.74, 6) is -0.268. The van der Waals surface area contributed by atoms with E-state index >= 15 is 0 Å². The highest BCUT2D eigenvalue weighted by Gasteiger charge is 2.23. The number of carbonyl (C=O) groups is 1. The number of nitrogens with one attached hydrogen (secondary N) is 2. The first-order chi connectivity index (χ1) is 17.9. The molecule has 0 saturated heterocycles. The molecule has 10 heteroatoms. The van der Waals surface area contributed by atoms with Crippen LogP contribution in [-0.2, 0) is 23.0 Å². The molecule has 6 rings (SSSR count). The third-order valence-corrected chi connectivity index (χ3v) is 7.74. The highest BCUT2D eigenvalue weighted by molar-refractivity contribution is 7.92. The van der Waals surface area contributed by atoms with Crippen LogP contribution in [0.15, 0.2) is 72.1 Å². The Hall–Kier alpha value is -4.57. The van der Waals surface area contributed by atoms with Crippen molar-refractivity contribution in [2.75, 3.05) is 11.8 Å². The van der Waals surface area contributed by atoms with Crippen molar-refractivity contribution in [3.63, 3.8) is 0 Å². The second-order valence-corrected chi connectivity index (χ2v) is 10.4. The number of hydrogen-bond donors (Lipinski definition) is 2. The summed E-state index contributed by atoms with van der Waals surface area (Å²) in [6.45, 7) is 0.233. The summed E-state index contributed by atoms with van der Waals surface area (Å²) in [5.41, 5.74) is 6.66. The van der Waals surface area contributed by atoms with Crippen molar-refractivity contribution >= 4 is 33.3 Å². The molecule has 2 aliphatic rings. The molecule has 0 fully saturated rings. The fraction of sp³-hybridized carbons (Fsp3) is 0.111. The molecule has 8 bridgehead atoms. The van der Waals surface area contributed by atoms with Gasteiger partial charge in [0.1, 0.15) is 5.69 Å². The number of fused-ring (bicyclic) bond motifs is 8. The summed E-state index contributed by atoms with van der Waals surface area (Å²) in [6, 6.07) is 11.5. The van der Waals surface area contributed by atoms with Gasteiger partial charge in [-0.25, -0.2) is 13.4 Å². The van der Waals surface area contributed by atoms with Crippen LogP contribution in [-0.4, -0.2) is 36.4 Å². The molecular formula is C27H21N5O4S. The number of ether oxygens (including phenoxy) is 1. The molecular weight excluding hydrogens is 490 g/mol. The third-order valence-electron chi connectivity index (χ3n) is 6.37. The maximum absolute atomic E-state index is 13.3. The lowest BCUT2D eigenvalue weighted by Crippen LogP contribution is -2.23. The number of hydrogen-bond acceptors (Lipinski definition) is 7. The van der Waals surface area contributed by atoms with Gasteiger partial charge in [0, 0.05) is 54.4 Å². The predicted molar refractivity (Wildman–Crippen MR) is 138 cm³/mol. The van der Waals surface area contributed by atoms with Crippen molar-refractivity contribution in [3.8, 4) is 17.0 Å². The Kier molecular flexibility index (Phi) is 5.45. The van der Waals surface area contributed by atoms with E-state index in [0.717, 1.165) is 39.1 Å². The van der Waals surface area contributed by atoms with Gasteiger partial charge in [-0.1, -0.05) is 6.07 Å². The number of sulfonamides is 1. The van der Waals surface area contributed by atoms with Crippen LogP contribution in [0.4, 0.5) is 5.69 Å². The molecule has 0 atom stereocenters. The fourth-order valence-electron chi connectivity index (χ4n) is 4.55. The molecule has 4 aromatic rings. The van der Waals surface area contributed by atoms with Crippen molar-refractivity contribution in [1.82, 2.24) is 20.3 Å². The van der Waals surface area contributed by atoms with Crippen LogP contribution in [0, 0.1) is 0 Å². The minimum absolute atomic E-state index is 0.0567. The summed E-state index contributed by atoms with van der Waals surface area (Å²) in [4.78, 5) is 26.1. The summed E-state index contributed by atoms with van der Waals surface area (Å²) in [7, 11) is -2.62. The van der Waals surface area contributed by atoms with E-state index in [1.54, 1.807) is 36.9 Å². The lowest BCUT2D eigenvalue weighted by atomic mass is 10.0. The number of methoxy groups -OCH3 is 1. The average molecular weight is 512 g/mol. The number of rotatable bonds is 1. The third kappa shape index (κ3) is 4.21. The van der Waals surface area contributed by atoms with E-state index in [4.69, 9.17) is 4.74 Å². The molecule has 37 heavy (non-hydrogen) atoms. The van der Waals surface area contributed by atoms with Crippen molar-refractivity contribution in [2.24, 2.45) is 0 Å². The Balaban J connectivity index is 1.54. The Bertz CT molecular complexity index is 1720. The maximum atomic E-state index is 13.3. The van der Waals surface area contributed by atoms with E-state index < -0.39 is 15.9 Å². The van der Waals surface area contributed by atoms with E-state index in [-0.39, 0.29) is 28.6 Å². The number of nitrogens with zero attached hydrogens (tertiary/aromatic N) is 3. The van der Waals surface area contributed by atoms with Crippen LogP contribution >= 0.6 is 0 Å². The normalized spacial score (nSPS) is 15.5. The van der Waals surface area contributed by atoms with Gasteiger partial charge in [0.25, 0.3) is 15.9 Å². The summed E-state index contributed by atoms with van der Waals surface area (Å²) in [5, 5.41) is 2.85. The number of anilines is 1. The average Bonchev–Trinajstić information content (AvgIpc) is 3.36. The zero-order chi connectivity index (χ0) is 25.6. The van der Waals surface area contributed by atoms with Gasteiger partial charge < -0.3 is 10.1 Å². The van der Waals surface area contributed by atoms with Gasteiger partial charge in [-0.3, -0.25) is 19.5 Å². The first kappa shape index (κ1) is 22.9. The summed E-state index contributed by atoms with van der Waals surface area (Å²) >= 11 is 0. The van der Waals surface area contributed by atoms with Crippen LogP contribution in [0.1, 0.15) is 32.7 Å². The molecule has 1 amide bonds. The largest absolute Gasteiger partial charge is 0.480 e. The zero-order valence-corrected chi connectivity index (χ0v) is 20.5. The highest BCUT2D eigenvalue weighted by atomic mass is 32.2. The van der Waals surface area contributed by atoms with E-state index in [9.17, 15) is 13.2 Å². The Morgan fingerprint density at radius 3 is 2.73 bits per heavy atom. The number of benzene rings is 1. The Labute approximate surface area is 213 Å². The van der Waals surface area contributed by atoms with Crippen molar-refractivity contribution in [1.29, 1.82) is 0 Å². The van der Waals surface area contributed by atoms with Crippen molar-refractivity contribution < 1.29 is 17.9 Å². The molecule has 3 aromatic heterocycles. The second-order valence-electron chi connectivity index (χ2n) is 8.74. The fourth-order valence-corrected chi connectivity index (χ4v) is 5.64. The molecule has 1 aliphatic carbocycles. The number of carbonyl (C=O) groups excluding carboxylic acids is 1. The van der Waals surface area contributed by atoms with Gasteiger partial charge in [-0.15, -0.1) is 0 Å². The first-order valence-corrected chi connectivity index (χ1v) is 13.0. The zero-order valence-electron chi connectivity index (χ0n) is 19.7. The van der Waals surface area contributed by atoms with Gasteiger partial charge >= 0.3 is 0 Å². The van der Waals surface area contributed by atoms with E-state index in [2.05, 4.69) is 25.0 Å². The lowest BCUT2D eigenvalue weighted by Gasteiger charge is -2.14. The lowest BCUT2D eigenvalue weighted by molar-refractivity contribution is 0.0950. The smallest absolute Gasteiger partial charge is 0.262 e. The van der Waals surface area contributed by atoms with E-state index in [1.807, 2.05) is 18.2 Å². The molecule has 0 radical (unpaired) electrons. The van der Waals surface area contributed by atoms with Gasteiger partial charge in [0.15, 0.2) is 0 Å². The molecule has 4 heterocycles. The van der Waals surface area contributed by atoms with E-state index in [1.165, 1.54) is 25.3 Å². The molecule has 1 aromatic carbocycles. The minimum atomic E-state index is -4.05. The van der Waals surface area contributed by atoms with Crippen molar-refractivity contribution in [2.45, 2.75) is 17.9 Å². The van der Waals surface area contributed by atoms with Crippen LogP contribution in [0.3, 0.4) is 0 Å². The molecule has 9 nitrogen and oxygen atoms in total. The molecule has 184 valence electrons. The molecule has 0 saturated carbocycles. The topological polar surface area (TPSA) is 123 Å². The van der Waals surface area contributed by atoms with Crippen LogP contribution in [0.5, 0.6) is 5.88 Å². The highest BCUT2D eigenvalue weighted by Crippen LogP contribution is 2.38. The number of aromatic nitrogens is 3. The first-order valence-electron chi connectivity index (χ1n) is 11.5. The molecule has 0 spiro atoms. The van der Waals surface area contributed by atoms with Gasteiger partial charge in [-0.2, -0.15) is 0 Å². The minimum Gasteiger partial charge on any atom is -0.480 e. The number of amides is 1. The number of allylic oxidation sites excluding steroid dienone is 1. The standard InChI is InChI=1S/C27H21N5O4S/c1-36-27-25-11-19(15-31-27)18-9-23-22(5-6-29-24(23)10-18)20-7-16(12-28-14-20)13-30-26(33)17-3-2-4-21(8-17)37(34,35)32-25/h2-9,11-12,14-15,32H,10,13H2,1H3,(H,30,33). The van der Waals surface area contributed by atoms with Gasteiger partial charge in [-0.05, 0) is 64.7 Å². The van der Waals surface area contributed by atoms with Crippen LogP contribution in [0.2, 0.25) is 0 Å². The predicted octanol–water partition coefficient (Wildman–Crippen LogP) is 3.69. The molecule has 1 aliphatic heterocycles. The summed E-state index contributed by atoms with van der Waals surface area (Å²) < 4.78 is 34.5. The quantitative estimate of drug-likeness (QED) is 0.400. The van der Waals surface area contributed by atoms with Crippen LogP contribution < -0.4 is 14.8 Å². The van der Waals surface area contributed by atoms with Gasteiger partial charge in [0.2, 0.25) is 5.88 Å². The summed E-state index contributed by atoms with van der Waals surface area (Å²) in [6.07, 6.45) is 9.51. The van der Waals surface area contributed by atoms with Crippen LogP contribution in [0.25, 0.3) is 22.8 Å². The monoisotopic (exact) mass is 511 g/mol. The maximum Gasteiger partial charge on any atom is 0.262 e.